The number of halogens is 1. The minimum absolute atomic E-state index is 0.00990. The van der Waals surface area contributed by atoms with Crippen molar-refractivity contribution in [2.45, 2.75) is 19.4 Å². The Bertz CT molecular complexity index is 471. The molecule has 5 nitrogen and oxygen atoms in total. The monoisotopic (exact) mass is 299 g/mol. The third kappa shape index (κ3) is 4.74. The first-order valence-electron chi connectivity index (χ1n) is 6.15. The summed E-state index contributed by atoms with van der Waals surface area (Å²) < 4.78 is 9.82. The Morgan fingerprint density at radius 1 is 1.15 bits per heavy atom. The lowest BCUT2D eigenvalue weighted by Gasteiger charge is -2.14. The summed E-state index contributed by atoms with van der Waals surface area (Å²) in [6.45, 7) is 3.65. The highest BCUT2D eigenvalue weighted by atomic mass is 35.5. The fraction of sp³-hybridized carbons (Fsp3) is 0.429. The molecule has 0 saturated carbocycles. The predicted octanol–water partition coefficient (Wildman–Crippen LogP) is 3.12. The molecule has 0 radical (unpaired) electrons. The zero-order chi connectivity index (χ0) is 15.3. The molecule has 0 heterocycles. The molecule has 1 rings (SSSR count). The lowest BCUT2D eigenvalue weighted by molar-refractivity contribution is 0.0725. The average Bonchev–Trinajstić information content (AvgIpc) is 2.38. The van der Waals surface area contributed by atoms with E-state index in [4.69, 9.17) is 21.1 Å². The SMILES string of the molecule is CC(C)C(Cl)OC(=O)Oc1ccc(C(=O)N(C)C)cc1. The minimum Gasteiger partial charge on any atom is -0.414 e. The maximum Gasteiger partial charge on any atom is 0.515 e. The molecule has 0 aliphatic carbocycles. The van der Waals surface area contributed by atoms with Crippen LogP contribution in [0.15, 0.2) is 24.3 Å². The molecule has 20 heavy (non-hydrogen) atoms. The second kappa shape index (κ2) is 7.14. The van der Waals surface area contributed by atoms with Crippen LogP contribution in [-0.4, -0.2) is 36.6 Å². The first-order valence-corrected chi connectivity index (χ1v) is 6.59. The Morgan fingerprint density at radius 2 is 1.70 bits per heavy atom. The van der Waals surface area contributed by atoms with E-state index in [1.165, 1.54) is 17.0 Å². The van der Waals surface area contributed by atoms with E-state index in [9.17, 15) is 9.59 Å². The van der Waals surface area contributed by atoms with Gasteiger partial charge in [-0.1, -0.05) is 25.4 Å². The van der Waals surface area contributed by atoms with Crippen molar-refractivity contribution in [3.8, 4) is 5.75 Å². The van der Waals surface area contributed by atoms with Crippen LogP contribution in [0.4, 0.5) is 4.79 Å². The van der Waals surface area contributed by atoms with Crippen LogP contribution in [-0.2, 0) is 4.74 Å². The fourth-order valence-electron chi connectivity index (χ4n) is 1.27. The molecule has 1 amide bonds. The van der Waals surface area contributed by atoms with Crippen LogP contribution in [0.5, 0.6) is 5.75 Å². The summed E-state index contributed by atoms with van der Waals surface area (Å²) in [6, 6.07) is 6.20. The number of ether oxygens (including phenoxy) is 2. The van der Waals surface area contributed by atoms with Gasteiger partial charge in [-0.2, -0.15) is 0 Å². The number of benzene rings is 1. The van der Waals surface area contributed by atoms with Gasteiger partial charge in [-0.3, -0.25) is 4.79 Å². The average molecular weight is 300 g/mol. The summed E-state index contributed by atoms with van der Waals surface area (Å²) in [4.78, 5) is 24.6. The van der Waals surface area contributed by atoms with E-state index in [-0.39, 0.29) is 17.6 Å². The van der Waals surface area contributed by atoms with Crippen LogP contribution in [0.3, 0.4) is 0 Å². The predicted molar refractivity (Wildman–Crippen MR) is 76.0 cm³/mol. The number of amides is 1. The van der Waals surface area contributed by atoms with Crippen LogP contribution in [0.1, 0.15) is 24.2 Å². The second-order valence-electron chi connectivity index (χ2n) is 4.79. The molecule has 1 atom stereocenters. The number of nitrogens with zero attached hydrogens (tertiary/aromatic N) is 1. The standard InChI is InChI=1S/C14H18ClNO4/c1-9(2)12(15)20-14(18)19-11-7-5-10(6-8-11)13(17)16(3)4/h5-9,12H,1-4H3. The van der Waals surface area contributed by atoms with E-state index in [0.29, 0.717) is 5.56 Å². The quantitative estimate of drug-likeness (QED) is 0.487. The maximum absolute atomic E-state index is 11.7. The summed E-state index contributed by atoms with van der Waals surface area (Å²) in [5, 5.41) is 0. The van der Waals surface area contributed by atoms with Gasteiger partial charge in [-0.25, -0.2) is 4.79 Å². The van der Waals surface area contributed by atoms with Crippen molar-refractivity contribution in [1.82, 2.24) is 4.90 Å². The second-order valence-corrected chi connectivity index (χ2v) is 5.22. The Balaban J connectivity index is 2.62. The molecule has 0 aliphatic heterocycles. The number of hydrogen-bond donors (Lipinski definition) is 0. The number of hydrogen-bond acceptors (Lipinski definition) is 4. The van der Waals surface area contributed by atoms with Crippen LogP contribution in [0.25, 0.3) is 0 Å². The van der Waals surface area contributed by atoms with Gasteiger partial charge in [0.25, 0.3) is 5.91 Å². The normalized spacial score (nSPS) is 11.9. The van der Waals surface area contributed by atoms with Gasteiger partial charge in [-0.15, -0.1) is 0 Å². The molecular formula is C14H18ClNO4. The summed E-state index contributed by atoms with van der Waals surface area (Å²) in [5.41, 5.74) is -0.231. The van der Waals surface area contributed by atoms with Gasteiger partial charge < -0.3 is 14.4 Å². The zero-order valence-electron chi connectivity index (χ0n) is 11.9. The van der Waals surface area contributed by atoms with Crippen LogP contribution in [0, 0.1) is 5.92 Å². The summed E-state index contributed by atoms with van der Waals surface area (Å²) >= 11 is 5.81. The van der Waals surface area contributed by atoms with E-state index in [2.05, 4.69) is 0 Å². The maximum atomic E-state index is 11.7. The van der Waals surface area contributed by atoms with E-state index in [1.54, 1.807) is 26.2 Å². The van der Waals surface area contributed by atoms with Gasteiger partial charge in [0.2, 0.25) is 0 Å². The highest BCUT2D eigenvalue weighted by molar-refractivity contribution is 6.20. The van der Waals surface area contributed by atoms with Crippen LogP contribution < -0.4 is 4.74 Å². The van der Waals surface area contributed by atoms with Gasteiger partial charge in [0.15, 0.2) is 5.56 Å². The van der Waals surface area contributed by atoms with Crippen molar-refractivity contribution in [3.63, 3.8) is 0 Å². The van der Waals surface area contributed by atoms with Crippen LogP contribution >= 0.6 is 11.6 Å². The molecule has 0 fully saturated rings. The van der Waals surface area contributed by atoms with Gasteiger partial charge in [0, 0.05) is 25.6 Å². The Hall–Kier alpha value is -1.75. The first kappa shape index (κ1) is 16.3. The minimum atomic E-state index is -0.870. The van der Waals surface area contributed by atoms with Crippen molar-refractivity contribution in [3.05, 3.63) is 29.8 Å². The van der Waals surface area contributed by atoms with Gasteiger partial charge in [-0.05, 0) is 24.3 Å². The van der Waals surface area contributed by atoms with Crippen molar-refractivity contribution < 1.29 is 19.1 Å². The Labute approximate surface area is 123 Å². The van der Waals surface area contributed by atoms with Crippen molar-refractivity contribution in [2.24, 2.45) is 5.92 Å². The lowest BCUT2D eigenvalue weighted by atomic mass is 10.2. The first-order chi connectivity index (χ1) is 9.31. The van der Waals surface area contributed by atoms with Crippen LogP contribution in [0.2, 0.25) is 0 Å². The highest BCUT2D eigenvalue weighted by Gasteiger charge is 2.17. The van der Waals surface area contributed by atoms with Crippen molar-refractivity contribution in [1.29, 1.82) is 0 Å². The molecule has 1 aromatic carbocycles. The molecule has 1 aromatic rings. The molecular weight excluding hydrogens is 282 g/mol. The zero-order valence-corrected chi connectivity index (χ0v) is 12.7. The van der Waals surface area contributed by atoms with E-state index >= 15 is 0 Å². The molecule has 0 spiro atoms. The fourth-order valence-corrected chi connectivity index (χ4v) is 1.34. The largest absolute Gasteiger partial charge is 0.515 e. The third-order valence-electron chi connectivity index (χ3n) is 2.44. The molecule has 0 aliphatic rings. The van der Waals surface area contributed by atoms with Gasteiger partial charge >= 0.3 is 6.16 Å². The molecule has 0 N–H and O–H groups in total. The number of carbonyl (C=O) groups is 2. The molecule has 6 heteroatoms. The molecule has 0 saturated heterocycles. The number of rotatable bonds is 4. The Kier molecular flexibility index (Phi) is 5.82. The number of carbonyl (C=O) groups excluding carboxylic acids is 2. The van der Waals surface area contributed by atoms with E-state index < -0.39 is 11.7 Å². The molecule has 110 valence electrons. The smallest absolute Gasteiger partial charge is 0.414 e. The van der Waals surface area contributed by atoms with E-state index in [1.807, 2.05) is 13.8 Å². The lowest BCUT2D eigenvalue weighted by Crippen LogP contribution is -2.22. The van der Waals surface area contributed by atoms with Crippen molar-refractivity contribution >= 4 is 23.7 Å². The van der Waals surface area contributed by atoms with E-state index in [0.717, 1.165) is 0 Å². The summed E-state index contributed by atoms with van der Waals surface area (Å²) in [6.07, 6.45) is -0.870. The van der Waals surface area contributed by atoms with Crippen molar-refractivity contribution in [2.75, 3.05) is 14.1 Å². The van der Waals surface area contributed by atoms with Gasteiger partial charge in [0.1, 0.15) is 5.75 Å². The third-order valence-corrected chi connectivity index (χ3v) is 3.03. The number of alkyl halides is 1. The molecule has 0 bridgehead atoms. The molecule has 0 aromatic heterocycles. The summed E-state index contributed by atoms with van der Waals surface area (Å²) in [5.74, 6) is 0.155. The topological polar surface area (TPSA) is 55.8 Å². The highest BCUT2D eigenvalue weighted by Crippen LogP contribution is 2.16. The van der Waals surface area contributed by atoms with Gasteiger partial charge in [0.05, 0.1) is 0 Å². The Morgan fingerprint density at radius 3 is 2.15 bits per heavy atom. The molecule has 1 unspecified atom stereocenters. The summed E-state index contributed by atoms with van der Waals surface area (Å²) in [7, 11) is 3.33.